The molecular formula is C18H27N3O2. The van der Waals surface area contributed by atoms with Crippen molar-refractivity contribution in [3.8, 4) is 0 Å². The van der Waals surface area contributed by atoms with Gasteiger partial charge in [-0.3, -0.25) is 4.79 Å². The van der Waals surface area contributed by atoms with E-state index >= 15 is 0 Å². The summed E-state index contributed by atoms with van der Waals surface area (Å²) in [5, 5.41) is 8.77. The zero-order valence-electron chi connectivity index (χ0n) is 14.2. The van der Waals surface area contributed by atoms with Crippen molar-refractivity contribution in [3.63, 3.8) is 0 Å². The fourth-order valence-electron chi connectivity index (χ4n) is 2.77. The number of rotatable bonds is 5. The van der Waals surface area contributed by atoms with E-state index in [1.54, 1.807) is 12.1 Å². The van der Waals surface area contributed by atoms with Gasteiger partial charge in [-0.2, -0.15) is 0 Å². The zero-order valence-corrected chi connectivity index (χ0v) is 14.2. The summed E-state index contributed by atoms with van der Waals surface area (Å²) in [6.45, 7) is 5.88. The number of aryl methyl sites for hydroxylation is 1. The Kier molecular flexibility index (Phi) is 6.02. The maximum atomic E-state index is 12.3. The molecule has 5 heteroatoms. The van der Waals surface area contributed by atoms with Crippen molar-refractivity contribution in [2.75, 3.05) is 5.32 Å². The number of hydrogen-bond donors (Lipinski definition) is 3. The third-order valence-electron chi connectivity index (χ3n) is 4.42. The average molecular weight is 317 g/mol. The molecule has 1 aliphatic carbocycles. The van der Waals surface area contributed by atoms with E-state index in [0.29, 0.717) is 11.6 Å². The molecule has 0 saturated heterocycles. The molecule has 1 fully saturated rings. The van der Waals surface area contributed by atoms with Gasteiger partial charge >= 0.3 is 6.03 Å². The lowest BCUT2D eigenvalue weighted by Crippen LogP contribution is -2.35. The van der Waals surface area contributed by atoms with Crippen LogP contribution >= 0.6 is 0 Å². The summed E-state index contributed by atoms with van der Waals surface area (Å²) in [6, 6.07) is 5.59. The second-order valence-electron chi connectivity index (χ2n) is 6.39. The lowest BCUT2D eigenvalue weighted by molar-refractivity contribution is 0.0938. The van der Waals surface area contributed by atoms with E-state index < -0.39 is 0 Å². The molecule has 126 valence electrons. The topological polar surface area (TPSA) is 70.2 Å². The first-order valence-corrected chi connectivity index (χ1v) is 8.48. The van der Waals surface area contributed by atoms with Crippen LogP contribution in [0.3, 0.4) is 0 Å². The highest BCUT2D eigenvalue weighted by Gasteiger charge is 2.18. The molecule has 0 heterocycles. The van der Waals surface area contributed by atoms with Crippen LogP contribution < -0.4 is 16.0 Å². The van der Waals surface area contributed by atoms with Crippen molar-refractivity contribution in [3.05, 3.63) is 29.3 Å². The van der Waals surface area contributed by atoms with E-state index in [0.717, 1.165) is 30.5 Å². The average Bonchev–Trinajstić information content (AvgIpc) is 3.01. The van der Waals surface area contributed by atoms with Crippen molar-refractivity contribution < 1.29 is 9.59 Å². The van der Waals surface area contributed by atoms with E-state index in [2.05, 4.69) is 16.0 Å². The minimum Gasteiger partial charge on any atom is -0.349 e. The van der Waals surface area contributed by atoms with Crippen LogP contribution in [0.5, 0.6) is 0 Å². The predicted molar refractivity (Wildman–Crippen MR) is 92.8 cm³/mol. The molecule has 0 radical (unpaired) electrons. The number of carbonyl (C=O) groups is 2. The number of anilines is 1. The van der Waals surface area contributed by atoms with Crippen LogP contribution in [-0.4, -0.2) is 24.0 Å². The molecule has 5 nitrogen and oxygen atoms in total. The number of benzene rings is 1. The van der Waals surface area contributed by atoms with Gasteiger partial charge in [-0.1, -0.05) is 19.8 Å². The Morgan fingerprint density at radius 2 is 1.96 bits per heavy atom. The van der Waals surface area contributed by atoms with Crippen LogP contribution in [0.1, 0.15) is 61.9 Å². The van der Waals surface area contributed by atoms with Gasteiger partial charge in [-0.15, -0.1) is 0 Å². The maximum absolute atomic E-state index is 12.3. The van der Waals surface area contributed by atoms with E-state index in [1.807, 2.05) is 26.8 Å². The van der Waals surface area contributed by atoms with Gasteiger partial charge in [0, 0.05) is 23.3 Å². The minimum atomic E-state index is -0.217. The Labute approximate surface area is 138 Å². The first-order valence-electron chi connectivity index (χ1n) is 8.48. The fraction of sp³-hybridized carbons (Fsp3) is 0.556. The van der Waals surface area contributed by atoms with Crippen LogP contribution in [-0.2, 0) is 0 Å². The smallest absolute Gasteiger partial charge is 0.319 e. The zero-order chi connectivity index (χ0) is 16.8. The number of urea groups is 1. The number of carbonyl (C=O) groups excluding carboxylic acids is 2. The van der Waals surface area contributed by atoms with Crippen LogP contribution in [0.4, 0.5) is 10.5 Å². The Morgan fingerprint density at radius 3 is 2.57 bits per heavy atom. The molecule has 1 atom stereocenters. The van der Waals surface area contributed by atoms with Gasteiger partial charge in [0.15, 0.2) is 0 Å². The fourth-order valence-corrected chi connectivity index (χ4v) is 2.77. The molecule has 23 heavy (non-hydrogen) atoms. The van der Waals surface area contributed by atoms with Gasteiger partial charge in [0.1, 0.15) is 0 Å². The summed E-state index contributed by atoms with van der Waals surface area (Å²) in [6.07, 6.45) is 5.41. The molecule has 3 N–H and O–H groups in total. The summed E-state index contributed by atoms with van der Waals surface area (Å²) in [4.78, 5) is 24.1. The molecular weight excluding hydrogens is 290 g/mol. The van der Waals surface area contributed by atoms with Crippen LogP contribution in [0.25, 0.3) is 0 Å². The molecule has 1 aromatic carbocycles. The van der Waals surface area contributed by atoms with Crippen molar-refractivity contribution >= 4 is 17.6 Å². The molecule has 1 saturated carbocycles. The second-order valence-corrected chi connectivity index (χ2v) is 6.39. The number of nitrogens with one attached hydrogen (secondary N) is 3. The van der Waals surface area contributed by atoms with E-state index in [-0.39, 0.29) is 18.0 Å². The quantitative estimate of drug-likeness (QED) is 0.776. The van der Waals surface area contributed by atoms with Crippen molar-refractivity contribution in [1.82, 2.24) is 10.6 Å². The van der Waals surface area contributed by atoms with Gasteiger partial charge in [0.25, 0.3) is 5.91 Å². The first kappa shape index (κ1) is 17.3. The minimum absolute atomic E-state index is 0.0318. The van der Waals surface area contributed by atoms with Gasteiger partial charge in [-0.05, 0) is 56.9 Å². The highest BCUT2D eigenvalue weighted by atomic mass is 16.2. The largest absolute Gasteiger partial charge is 0.349 e. The summed E-state index contributed by atoms with van der Waals surface area (Å²) < 4.78 is 0. The highest BCUT2D eigenvalue weighted by molar-refractivity contribution is 5.96. The molecule has 1 aliphatic rings. The molecule has 0 bridgehead atoms. The Balaban J connectivity index is 1.96. The van der Waals surface area contributed by atoms with Gasteiger partial charge in [-0.25, -0.2) is 4.79 Å². The maximum Gasteiger partial charge on any atom is 0.319 e. The third kappa shape index (κ3) is 4.98. The van der Waals surface area contributed by atoms with E-state index in [4.69, 9.17) is 0 Å². The molecule has 2 rings (SSSR count). The molecule has 0 aromatic heterocycles. The summed E-state index contributed by atoms with van der Waals surface area (Å²) in [7, 11) is 0. The molecule has 3 amide bonds. The Hall–Kier alpha value is -2.04. The van der Waals surface area contributed by atoms with Gasteiger partial charge in [0.05, 0.1) is 0 Å². The van der Waals surface area contributed by atoms with Crippen LogP contribution in [0.2, 0.25) is 0 Å². The molecule has 0 aliphatic heterocycles. The second kappa shape index (κ2) is 7.99. The first-order chi connectivity index (χ1) is 11.0. The summed E-state index contributed by atoms with van der Waals surface area (Å²) in [5.74, 6) is -0.0318. The predicted octanol–water partition coefficient (Wildman–Crippen LogP) is 3.59. The number of hydrogen-bond acceptors (Lipinski definition) is 2. The SMILES string of the molecule is CCC(C)NC(=O)Nc1ccc(C(=O)NC2CCCC2)cc1C. The van der Waals surface area contributed by atoms with Crippen molar-refractivity contribution in [2.24, 2.45) is 0 Å². The van der Waals surface area contributed by atoms with Crippen LogP contribution in [0, 0.1) is 6.92 Å². The van der Waals surface area contributed by atoms with Crippen molar-refractivity contribution in [2.45, 2.75) is 65.0 Å². The summed E-state index contributed by atoms with van der Waals surface area (Å²) >= 11 is 0. The highest BCUT2D eigenvalue weighted by Crippen LogP contribution is 2.20. The normalized spacial score (nSPS) is 16.0. The summed E-state index contributed by atoms with van der Waals surface area (Å²) in [5.41, 5.74) is 2.24. The Morgan fingerprint density at radius 1 is 1.26 bits per heavy atom. The van der Waals surface area contributed by atoms with E-state index in [9.17, 15) is 9.59 Å². The molecule has 1 unspecified atom stereocenters. The third-order valence-corrected chi connectivity index (χ3v) is 4.42. The van der Waals surface area contributed by atoms with Gasteiger partial charge < -0.3 is 16.0 Å². The number of amides is 3. The Bertz CT molecular complexity index is 565. The molecule has 0 spiro atoms. The van der Waals surface area contributed by atoms with Crippen LogP contribution in [0.15, 0.2) is 18.2 Å². The lowest BCUT2D eigenvalue weighted by Gasteiger charge is -2.15. The van der Waals surface area contributed by atoms with Gasteiger partial charge in [0.2, 0.25) is 0 Å². The van der Waals surface area contributed by atoms with E-state index in [1.165, 1.54) is 12.8 Å². The van der Waals surface area contributed by atoms with Crippen molar-refractivity contribution in [1.29, 1.82) is 0 Å². The lowest BCUT2D eigenvalue weighted by atomic mass is 10.1. The molecule has 1 aromatic rings. The standard InChI is InChI=1S/C18H27N3O2/c1-4-13(3)19-18(23)21-16-10-9-14(11-12(16)2)17(22)20-15-7-5-6-8-15/h9-11,13,15H,4-8H2,1-3H3,(H,20,22)(H2,19,21,23). The monoisotopic (exact) mass is 317 g/mol.